The van der Waals surface area contributed by atoms with Gasteiger partial charge in [0, 0.05) is 32.5 Å². The van der Waals surface area contributed by atoms with Crippen LogP contribution < -0.4 is 21.3 Å². The summed E-state index contributed by atoms with van der Waals surface area (Å²) in [5, 5.41) is 21.8. The minimum Gasteiger partial charge on any atom is -0.508 e. The molecule has 7 amide bonds. The molecule has 60 heavy (non-hydrogen) atoms. The summed E-state index contributed by atoms with van der Waals surface area (Å²) >= 11 is 0. The maximum atomic E-state index is 14.6. The predicted molar refractivity (Wildman–Crippen MR) is 223 cm³/mol. The van der Waals surface area contributed by atoms with E-state index in [-0.39, 0.29) is 50.1 Å². The molecule has 9 atom stereocenters. The average molecular weight is 828 g/mol. The van der Waals surface area contributed by atoms with Crippen molar-refractivity contribution < 1.29 is 38.7 Å². The van der Waals surface area contributed by atoms with Crippen LogP contribution in [0.2, 0.25) is 0 Å². The second-order valence-electron chi connectivity index (χ2n) is 17.0. The summed E-state index contributed by atoms with van der Waals surface area (Å²) in [6, 6.07) is 8.54. The minimum atomic E-state index is -1.13. The molecule has 0 aliphatic carbocycles. The summed E-state index contributed by atoms with van der Waals surface area (Å²) in [5.74, 6) is -4.06. The van der Waals surface area contributed by atoms with Gasteiger partial charge in [-0.1, -0.05) is 83.0 Å². The van der Waals surface area contributed by atoms with Crippen molar-refractivity contribution in [3.8, 4) is 5.75 Å². The standard InChI is InChI=1S/C45H61N7O8/c1-5-27(3)37-42(57)49-38(28(4)6-2)45(60)52-24-12-16-35(52)40(55)47-33(26-30-18-20-31(53)21-19-30)44(59)50-22-10-15-34(50)39(54)46-32(25-29-13-8-7-9-14-29)43(58)51-23-11-17-36(51)41(56)48-37/h7-9,13-14,18-21,27-28,32-38,53H,5-6,10-12,15-17,22-26H2,1-4H3,(H,46,54)(H,47,55)(H,48,56)(H,49,57). The van der Waals surface area contributed by atoms with Gasteiger partial charge >= 0.3 is 0 Å². The van der Waals surface area contributed by atoms with Gasteiger partial charge in [0.25, 0.3) is 0 Å². The molecule has 0 saturated carbocycles. The Balaban J connectivity index is 1.40. The third-order valence-corrected chi connectivity index (χ3v) is 13.0. The summed E-state index contributed by atoms with van der Waals surface area (Å²) in [7, 11) is 0. The molecule has 4 aliphatic heterocycles. The van der Waals surface area contributed by atoms with Crippen molar-refractivity contribution in [1.82, 2.24) is 36.0 Å². The van der Waals surface area contributed by atoms with E-state index in [9.17, 15) is 38.7 Å². The lowest BCUT2D eigenvalue weighted by atomic mass is 9.94. The molecule has 0 aromatic heterocycles. The number of carbonyl (C=O) groups excluding carboxylic acids is 7. The third kappa shape index (κ3) is 9.93. The molecule has 2 aromatic rings. The molecule has 4 saturated heterocycles. The second kappa shape index (κ2) is 19.7. The van der Waals surface area contributed by atoms with Gasteiger partial charge in [0.2, 0.25) is 41.4 Å². The predicted octanol–water partition coefficient (Wildman–Crippen LogP) is 2.20. The molecule has 4 heterocycles. The van der Waals surface area contributed by atoms with E-state index in [1.165, 1.54) is 26.8 Å². The first-order chi connectivity index (χ1) is 28.8. The SMILES string of the molecule is CCC(C)C1NC(=O)C2CCCN2C(=O)C(Cc2ccccc2)NC(=O)C2CCCN2C(=O)C(Cc2ccc(O)cc2)NC(=O)C2CCCN2C(=O)C(C(C)CC)NC1=O. The Labute approximate surface area is 352 Å². The van der Waals surface area contributed by atoms with E-state index in [4.69, 9.17) is 0 Å². The fraction of sp³-hybridized carbons (Fsp3) is 0.578. The summed E-state index contributed by atoms with van der Waals surface area (Å²) < 4.78 is 0. The molecule has 324 valence electrons. The van der Waals surface area contributed by atoms with Gasteiger partial charge in [0.15, 0.2) is 0 Å². The molecule has 4 fully saturated rings. The zero-order valence-corrected chi connectivity index (χ0v) is 35.2. The highest BCUT2D eigenvalue weighted by molar-refractivity contribution is 5.99. The highest BCUT2D eigenvalue weighted by atomic mass is 16.3. The molecule has 5 N–H and O–H groups in total. The monoisotopic (exact) mass is 827 g/mol. The molecule has 6 rings (SSSR count). The molecule has 9 unspecified atom stereocenters. The Morgan fingerprint density at radius 2 is 0.933 bits per heavy atom. The fourth-order valence-corrected chi connectivity index (χ4v) is 9.02. The van der Waals surface area contributed by atoms with Crippen LogP contribution in [-0.2, 0) is 46.4 Å². The quantitative estimate of drug-likeness (QED) is 0.267. The van der Waals surface area contributed by atoms with Crippen molar-refractivity contribution in [3.05, 3.63) is 65.7 Å². The number of rotatable bonds is 8. The van der Waals surface area contributed by atoms with Crippen molar-refractivity contribution in [1.29, 1.82) is 0 Å². The van der Waals surface area contributed by atoms with Crippen LogP contribution >= 0.6 is 0 Å². The van der Waals surface area contributed by atoms with Crippen molar-refractivity contribution >= 4 is 41.4 Å². The van der Waals surface area contributed by atoms with Crippen LogP contribution in [0.4, 0.5) is 0 Å². The molecular weight excluding hydrogens is 767 g/mol. The Morgan fingerprint density at radius 3 is 1.40 bits per heavy atom. The Bertz CT molecular complexity index is 1890. The Morgan fingerprint density at radius 1 is 0.533 bits per heavy atom. The van der Waals surface area contributed by atoms with Crippen LogP contribution in [0.5, 0.6) is 5.75 Å². The van der Waals surface area contributed by atoms with E-state index >= 15 is 0 Å². The number of amides is 7. The van der Waals surface area contributed by atoms with E-state index in [0.29, 0.717) is 56.9 Å². The largest absolute Gasteiger partial charge is 0.508 e. The molecule has 15 heteroatoms. The first-order valence-electron chi connectivity index (χ1n) is 21.8. The Kier molecular flexibility index (Phi) is 14.5. The van der Waals surface area contributed by atoms with Crippen LogP contribution in [0.3, 0.4) is 0 Å². The fourth-order valence-electron chi connectivity index (χ4n) is 9.02. The normalized spacial score (nSPS) is 28.4. The lowest BCUT2D eigenvalue weighted by Crippen LogP contribution is -2.61. The molecule has 15 nitrogen and oxygen atoms in total. The number of benzene rings is 2. The number of phenolic OH excluding ortho intramolecular Hbond substituents is 1. The molecular formula is C45H61N7O8. The van der Waals surface area contributed by atoms with Crippen molar-refractivity contribution in [2.24, 2.45) is 11.8 Å². The van der Waals surface area contributed by atoms with E-state index in [0.717, 1.165) is 5.56 Å². The van der Waals surface area contributed by atoms with Crippen LogP contribution in [0, 0.1) is 11.8 Å². The van der Waals surface area contributed by atoms with Gasteiger partial charge in [0.1, 0.15) is 48.0 Å². The van der Waals surface area contributed by atoms with E-state index < -0.39 is 83.6 Å². The summed E-state index contributed by atoms with van der Waals surface area (Å²) in [6.45, 7) is 8.30. The number of hydrogen-bond donors (Lipinski definition) is 5. The number of hydrogen-bond acceptors (Lipinski definition) is 8. The van der Waals surface area contributed by atoms with Crippen LogP contribution in [0.25, 0.3) is 0 Å². The lowest BCUT2D eigenvalue weighted by Gasteiger charge is -2.34. The average Bonchev–Trinajstić information content (AvgIpc) is 4.06. The first kappa shape index (κ1) is 44.1. The van der Waals surface area contributed by atoms with Crippen molar-refractivity contribution in [2.45, 2.75) is 134 Å². The zero-order valence-electron chi connectivity index (χ0n) is 35.2. The van der Waals surface area contributed by atoms with Crippen LogP contribution in [0.15, 0.2) is 54.6 Å². The molecule has 0 spiro atoms. The van der Waals surface area contributed by atoms with Crippen molar-refractivity contribution in [2.75, 3.05) is 19.6 Å². The van der Waals surface area contributed by atoms with Crippen molar-refractivity contribution in [3.63, 3.8) is 0 Å². The van der Waals surface area contributed by atoms with Gasteiger partial charge in [-0.25, -0.2) is 0 Å². The maximum Gasteiger partial charge on any atom is 0.246 e. The molecule has 0 radical (unpaired) electrons. The lowest BCUT2D eigenvalue weighted by molar-refractivity contribution is -0.145. The smallest absolute Gasteiger partial charge is 0.246 e. The summed E-state index contributed by atoms with van der Waals surface area (Å²) in [5.41, 5.74) is 1.45. The number of fused-ring (bicyclic) bond motifs is 3. The third-order valence-electron chi connectivity index (χ3n) is 13.0. The Hall–Kier alpha value is -5.47. The number of nitrogens with one attached hydrogen (secondary N) is 4. The van der Waals surface area contributed by atoms with Gasteiger partial charge < -0.3 is 41.1 Å². The van der Waals surface area contributed by atoms with E-state index in [1.54, 1.807) is 12.1 Å². The van der Waals surface area contributed by atoms with E-state index in [2.05, 4.69) is 21.3 Å². The molecule has 4 aliphatic rings. The van der Waals surface area contributed by atoms with Crippen LogP contribution in [0.1, 0.15) is 90.2 Å². The number of nitrogens with zero attached hydrogens (tertiary/aromatic N) is 3. The van der Waals surface area contributed by atoms with E-state index in [1.807, 2.05) is 58.0 Å². The summed E-state index contributed by atoms with van der Waals surface area (Å²) in [4.78, 5) is 105. The highest BCUT2D eigenvalue weighted by Crippen LogP contribution is 2.26. The highest BCUT2D eigenvalue weighted by Gasteiger charge is 2.45. The zero-order chi connectivity index (χ0) is 43.1. The minimum absolute atomic E-state index is 0.0378. The first-order valence-corrected chi connectivity index (χ1v) is 21.8. The van der Waals surface area contributed by atoms with Gasteiger partial charge in [-0.3, -0.25) is 33.6 Å². The summed E-state index contributed by atoms with van der Waals surface area (Å²) in [6.07, 6.45) is 3.87. The topological polar surface area (TPSA) is 198 Å². The second-order valence-corrected chi connectivity index (χ2v) is 17.0. The number of carbonyl (C=O) groups is 7. The van der Waals surface area contributed by atoms with Gasteiger partial charge in [0.05, 0.1) is 0 Å². The van der Waals surface area contributed by atoms with Gasteiger partial charge in [-0.2, -0.15) is 0 Å². The maximum absolute atomic E-state index is 14.6. The van der Waals surface area contributed by atoms with Crippen LogP contribution in [-0.4, -0.2) is 123 Å². The van der Waals surface area contributed by atoms with Gasteiger partial charge in [-0.05, 0) is 73.6 Å². The van der Waals surface area contributed by atoms with Gasteiger partial charge in [-0.15, -0.1) is 0 Å². The molecule has 2 aromatic carbocycles. The number of aromatic hydroxyl groups is 1. The molecule has 0 bridgehead atoms. The number of phenols is 1.